The molecule has 0 aliphatic carbocycles. The summed E-state index contributed by atoms with van der Waals surface area (Å²) in [5.41, 5.74) is 2.13. The Morgan fingerprint density at radius 1 is 0.905 bits per heavy atom. The van der Waals surface area contributed by atoms with Crippen LogP contribution in [0.3, 0.4) is 0 Å². The molecule has 0 amide bonds. The van der Waals surface area contributed by atoms with E-state index in [4.69, 9.17) is 0 Å². The molecule has 0 spiro atoms. The zero-order valence-corrected chi connectivity index (χ0v) is 14.4. The summed E-state index contributed by atoms with van der Waals surface area (Å²) in [7, 11) is 0. The fourth-order valence-electron chi connectivity index (χ4n) is 1.81. The van der Waals surface area contributed by atoms with Crippen LogP contribution in [0.25, 0.3) is 0 Å². The number of aromatic nitrogens is 2. The molecule has 6 heteroatoms. The minimum Gasteiger partial charge on any atom is -0.288 e. The summed E-state index contributed by atoms with van der Waals surface area (Å²) in [5, 5.41) is 0. The summed E-state index contributed by atoms with van der Waals surface area (Å²) < 4.78 is 0. The van der Waals surface area contributed by atoms with E-state index in [2.05, 4.69) is 21.4 Å². The second kappa shape index (κ2) is 12.8. The third-order valence-electron chi connectivity index (χ3n) is 2.61. The first-order valence-electron chi connectivity index (χ1n) is 6.01. The van der Waals surface area contributed by atoms with Gasteiger partial charge in [0.05, 0.1) is 11.4 Å². The third-order valence-corrected chi connectivity index (χ3v) is 2.61. The summed E-state index contributed by atoms with van der Waals surface area (Å²) in [6.07, 6.45) is 5.55. The Morgan fingerprint density at radius 3 is 1.71 bits per heavy atom. The van der Waals surface area contributed by atoms with Crippen LogP contribution in [0.1, 0.15) is 11.4 Å². The summed E-state index contributed by atoms with van der Waals surface area (Å²) in [6, 6.07) is 12.0. The van der Waals surface area contributed by atoms with Gasteiger partial charge in [-0.3, -0.25) is 14.9 Å². The maximum absolute atomic E-state index is 4.35. The van der Waals surface area contributed by atoms with Crippen molar-refractivity contribution in [2.75, 3.05) is 6.54 Å². The van der Waals surface area contributed by atoms with Gasteiger partial charge in [-0.15, -0.1) is 31.4 Å². The van der Waals surface area contributed by atoms with Gasteiger partial charge in [0, 0.05) is 32.0 Å². The Kier molecular flexibility index (Phi) is 13.7. The van der Waals surface area contributed by atoms with Crippen molar-refractivity contribution in [2.45, 2.75) is 13.1 Å². The molecule has 3 nitrogen and oxygen atoms in total. The first kappa shape index (κ1) is 22.4. The molecule has 0 bridgehead atoms. The van der Waals surface area contributed by atoms with E-state index in [9.17, 15) is 0 Å². The van der Waals surface area contributed by atoms with Gasteiger partial charge in [-0.2, -0.15) is 0 Å². The quantitative estimate of drug-likeness (QED) is 0.578. The zero-order chi connectivity index (χ0) is 12.6. The van der Waals surface area contributed by atoms with Crippen molar-refractivity contribution in [3.8, 4) is 0 Å². The van der Waals surface area contributed by atoms with Crippen LogP contribution in [-0.2, 0) is 30.2 Å². The average Bonchev–Trinajstić information content (AvgIpc) is 2.41. The van der Waals surface area contributed by atoms with Gasteiger partial charge in [0.2, 0.25) is 0 Å². The van der Waals surface area contributed by atoms with E-state index in [-0.39, 0.29) is 41.9 Å². The van der Waals surface area contributed by atoms with Crippen LogP contribution >= 0.6 is 24.8 Å². The number of halogens is 2. The van der Waals surface area contributed by atoms with Crippen LogP contribution in [0.4, 0.5) is 0 Å². The Morgan fingerprint density at radius 2 is 1.38 bits per heavy atom. The molecule has 0 saturated carbocycles. The van der Waals surface area contributed by atoms with E-state index >= 15 is 0 Å². The van der Waals surface area contributed by atoms with Crippen LogP contribution in [-0.4, -0.2) is 21.4 Å². The van der Waals surface area contributed by atoms with Gasteiger partial charge in [0.25, 0.3) is 0 Å². The smallest absolute Gasteiger partial charge is 0.288 e. The minimum absolute atomic E-state index is 0. The summed E-state index contributed by atoms with van der Waals surface area (Å²) in [4.78, 5) is 11.0. The van der Waals surface area contributed by atoms with Crippen LogP contribution in [0, 0.1) is 0 Å². The fourth-order valence-corrected chi connectivity index (χ4v) is 1.81. The second-order valence-electron chi connectivity index (χ2n) is 4.10. The van der Waals surface area contributed by atoms with Gasteiger partial charge < -0.3 is 0 Å². The molecule has 0 saturated heterocycles. The van der Waals surface area contributed by atoms with Crippen LogP contribution in [0.5, 0.6) is 0 Å². The monoisotopic (exact) mass is 366 g/mol. The molecule has 21 heavy (non-hydrogen) atoms. The Labute approximate surface area is 149 Å². The zero-order valence-electron chi connectivity index (χ0n) is 11.6. The van der Waals surface area contributed by atoms with Gasteiger partial charge in [-0.25, -0.2) is 0 Å². The van der Waals surface area contributed by atoms with Crippen molar-refractivity contribution in [3.63, 3.8) is 0 Å². The molecule has 0 aliphatic rings. The van der Waals surface area contributed by atoms with E-state index in [0.29, 0.717) is 0 Å². The molecular formula is C15H19Cl2MnN3+2. The summed E-state index contributed by atoms with van der Waals surface area (Å²) in [5.74, 6) is 0. The number of hydrogen-bond acceptors (Lipinski definition) is 3. The molecule has 1 radical (unpaired) electrons. The van der Waals surface area contributed by atoms with E-state index in [1.807, 2.05) is 54.9 Å². The van der Waals surface area contributed by atoms with Gasteiger partial charge in [-0.1, -0.05) is 18.2 Å². The van der Waals surface area contributed by atoms with Gasteiger partial charge in [0.15, 0.2) is 0 Å². The van der Waals surface area contributed by atoms with Gasteiger partial charge in [0.1, 0.15) is 0 Å². The molecule has 0 aromatic carbocycles. The maximum atomic E-state index is 4.35. The molecular weight excluding hydrogens is 348 g/mol. The SMILES string of the molecule is C=CCN(Cc1ccccn1)Cc1ccccn1.Cl.Cl.[Mn+2]. The molecule has 0 unspecified atom stereocenters. The van der Waals surface area contributed by atoms with Crippen molar-refractivity contribution in [3.05, 3.63) is 72.8 Å². The van der Waals surface area contributed by atoms with Crippen molar-refractivity contribution < 1.29 is 17.1 Å². The molecule has 2 heterocycles. The summed E-state index contributed by atoms with van der Waals surface area (Å²) in [6.45, 7) is 6.25. The number of nitrogens with zero attached hydrogens (tertiary/aromatic N) is 3. The first-order valence-corrected chi connectivity index (χ1v) is 6.01. The maximum Gasteiger partial charge on any atom is 2.00 e. The Bertz CT molecular complexity index is 441. The van der Waals surface area contributed by atoms with E-state index in [1.54, 1.807) is 0 Å². The number of pyridine rings is 2. The molecule has 2 aromatic rings. The predicted octanol–water partition coefficient (Wildman–Crippen LogP) is 3.51. The first-order chi connectivity index (χ1) is 8.88. The molecule has 0 atom stereocenters. The second-order valence-corrected chi connectivity index (χ2v) is 4.10. The van der Waals surface area contributed by atoms with Crippen molar-refractivity contribution in [1.29, 1.82) is 0 Å². The van der Waals surface area contributed by atoms with Gasteiger partial charge >= 0.3 is 17.1 Å². The van der Waals surface area contributed by atoms with Crippen LogP contribution < -0.4 is 0 Å². The summed E-state index contributed by atoms with van der Waals surface area (Å²) >= 11 is 0. The Balaban J connectivity index is 0. The largest absolute Gasteiger partial charge is 2.00 e. The molecule has 0 N–H and O–H groups in total. The normalized spacial score (nSPS) is 9.00. The van der Waals surface area contributed by atoms with E-state index in [1.165, 1.54) is 0 Å². The molecule has 113 valence electrons. The van der Waals surface area contributed by atoms with Gasteiger partial charge in [-0.05, 0) is 24.3 Å². The van der Waals surface area contributed by atoms with Crippen LogP contribution in [0.15, 0.2) is 61.4 Å². The molecule has 0 fully saturated rings. The van der Waals surface area contributed by atoms with Crippen molar-refractivity contribution >= 4 is 24.8 Å². The van der Waals surface area contributed by atoms with E-state index in [0.717, 1.165) is 31.0 Å². The Hall–Kier alpha value is -0.901. The number of hydrogen-bond donors (Lipinski definition) is 0. The topological polar surface area (TPSA) is 29.0 Å². The predicted molar refractivity (Wildman–Crippen MR) is 87.3 cm³/mol. The standard InChI is InChI=1S/C15H17N3.2ClH.Mn/c1-2-11-18(12-14-7-3-5-9-16-14)13-15-8-4-6-10-17-15;;;/h2-10H,1,11-13H2;2*1H;/q;;;+2. The van der Waals surface area contributed by atoms with E-state index < -0.39 is 0 Å². The molecule has 2 aromatic heterocycles. The third kappa shape index (κ3) is 8.20. The van der Waals surface area contributed by atoms with Crippen molar-refractivity contribution in [1.82, 2.24) is 14.9 Å². The fraction of sp³-hybridized carbons (Fsp3) is 0.200. The van der Waals surface area contributed by atoms with Crippen molar-refractivity contribution in [2.24, 2.45) is 0 Å². The number of rotatable bonds is 6. The molecule has 2 rings (SSSR count). The van der Waals surface area contributed by atoms with Crippen LogP contribution in [0.2, 0.25) is 0 Å². The minimum atomic E-state index is 0. The average molecular weight is 367 g/mol. The molecule has 0 aliphatic heterocycles.